The van der Waals surface area contributed by atoms with E-state index < -0.39 is 0 Å². The van der Waals surface area contributed by atoms with Crippen LogP contribution in [0.4, 0.5) is 0 Å². The molecule has 1 aliphatic heterocycles. The Morgan fingerprint density at radius 1 is 0.938 bits per heavy atom. The summed E-state index contributed by atoms with van der Waals surface area (Å²) < 4.78 is 5.88. The summed E-state index contributed by atoms with van der Waals surface area (Å²) in [6, 6.07) is 28.5. The van der Waals surface area contributed by atoms with Gasteiger partial charge in [-0.1, -0.05) is 72.8 Å². The van der Waals surface area contributed by atoms with Gasteiger partial charge in [-0.15, -0.1) is 0 Å². The molecular formula is C28H30N2O2. The molecule has 164 valence electrons. The molecule has 0 spiro atoms. The standard InChI is InChI=1S/C28H30N2O2/c31-28(29-21-27(30-18-7-8-19-30)25-13-5-2-6-14-25)17-16-23-12-9-15-26(20-23)32-22-24-10-3-1-4-11-24/h1-6,9-17,20,27H,7-8,18-19,21-22H2,(H,29,31)/b17-16+. The third kappa shape index (κ3) is 6.32. The number of nitrogens with one attached hydrogen (secondary N) is 1. The van der Waals surface area contributed by atoms with Gasteiger partial charge in [0.15, 0.2) is 0 Å². The van der Waals surface area contributed by atoms with E-state index in [9.17, 15) is 4.79 Å². The Morgan fingerprint density at radius 3 is 2.41 bits per heavy atom. The van der Waals surface area contributed by atoms with Crippen LogP contribution in [0.2, 0.25) is 0 Å². The summed E-state index contributed by atoms with van der Waals surface area (Å²) in [6.07, 6.45) is 5.88. The third-order valence-electron chi connectivity index (χ3n) is 5.77. The van der Waals surface area contributed by atoms with Crippen molar-refractivity contribution >= 4 is 12.0 Å². The molecule has 1 amide bonds. The fourth-order valence-electron chi connectivity index (χ4n) is 4.06. The van der Waals surface area contributed by atoms with E-state index >= 15 is 0 Å². The minimum atomic E-state index is -0.0827. The van der Waals surface area contributed by atoms with Crippen molar-refractivity contribution in [1.29, 1.82) is 0 Å². The quantitative estimate of drug-likeness (QED) is 0.476. The fraction of sp³-hybridized carbons (Fsp3) is 0.250. The zero-order valence-corrected chi connectivity index (χ0v) is 18.3. The molecule has 1 heterocycles. The van der Waals surface area contributed by atoms with Gasteiger partial charge < -0.3 is 10.1 Å². The van der Waals surface area contributed by atoms with Gasteiger partial charge >= 0.3 is 0 Å². The Labute approximate surface area is 190 Å². The van der Waals surface area contributed by atoms with E-state index in [0.717, 1.165) is 30.0 Å². The summed E-state index contributed by atoms with van der Waals surface area (Å²) in [5.74, 6) is 0.704. The van der Waals surface area contributed by atoms with Crippen LogP contribution < -0.4 is 10.1 Å². The first kappa shape index (κ1) is 21.8. The number of hydrogen-bond acceptors (Lipinski definition) is 3. The molecule has 4 heteroatoms. The van der Waals surface area contributed by atoms with E-state index in [-0.39, 0.29) is 11.9 Å². The second-order valence-electron chi connectivity index (χ2n) is 8.09. The molecule has 1 fully saturated rings. The lowest BCUT2D eigenvalue weighted by Crippen LogP contribution is -2.36. The van der Waals surface area contributed by atoms with Gasteiger partial charge in [-0.05, 0) is 60.8 Å². The van der Waals surface area contributed by atoms with Gasteiger partial charge in [-0.3, -0.25) is 9.69 Å². The fourth-order valence-corrected chi connectivity index (χ4v) is 4.06. The molecule has 1 aliphatic rings. The summed E-state index contributed by atoms with van der Waals surface area (Å²) in [5.41, 5.74) is 3.31. The smallest absolute Gasteiger partial charge is 0.244 e. The summed E-state index contributed by atoms with van der Waals surface area (Å²) in [7, 11) is 0. The zero-order valence-electron chi connectivity index (χ0n) is 18.3. The van der Waals surface area contributed by atoms with Gasteiger partial charge in [0.25, 0.3) is 0 Å². The van der Waals surface area contributed by atoms with E-state index in [0.29, 0.717) is 13.2 Å². The van der Waals surface area contributed by atoms with Gasteiger partial charge in [0, 0.05) is 12.6 Å². The largest absolute Gasteiger partial charge is 0.489 e. The van der Waals surface area contributed by atoms with Crippen LogP contribution in [0.3, 0.4) is 0 Å². The van der Waals surface area contributed by atoms with Gasteiger partial charge in [0.2, 0.25) is 5.91 Å². The van der Waals surface area contributed by atoms with Gasteiger partial charge in [-0.25, -0.2) is 0 Å². The first-order chi connectivity index (χ1) is 15.8. The van der Waals surface area contributed by atoms with E-state index in [2.05, 4.69) is 34.5 Å². The SMILES string of the molecule is O=C(/C=C/c1cccc(OCc2ccccc2)c1)NCC(c1ccccc1)N1CCCC1. The van der Waals surface area contributed by atoms with Crippen molar-refractivity contribution in [1.82, 2.24) is 10.2 Å². The lowest BCUT2D eigenvalue weighted by Gasteiger charge is -2.28. The van der Waals surface area contributed by atoms with Crippen LogP contribution in [-0.2, 0) is 11.4 Å². The molecule has 3 aromatic carbocycles. The van der Waals surface area contributed by atoms with Crippen LogP contribution in [0.15, 0.2) is 91.0 Å². The maximum Gasteiger partial charge on any atom is 0.244 e. The number of ether oxygens (including phenoxy) is 1. The predicted octanol–water partition coefficient (Wildman–Crippen LogP) is 5.23. The average Bonchev–Trinajstić information content (AvgIpc) is 3.38. The Hall–Kier alpha value is -3.37. The number of likely N-dealkylation sites (tertiary alicyclic amines) is 1. The highest BCUT2D eigenvalue weighted by Crippen LogP contribution is 2.24. The molecule has 4 rings (SSSR count). The highest BCUT2D eigenvalue weighted by atomic mass is 16.5. The highest BCUT2D eigenvalue weighted by molar-refractivity contribution is 5.91. The van der Waals surface area contributed by atoms with Crippen molar-refractivity contribution in [2.45, 2.75) is 25.5 Å². The van der Waals surface area contributed by atoms with Crippen LogP contribution in [0.25, 0.3) is 6.08 Å². The Kier molecular flexibility index (Phi) is 7.72. The van der Waals surface area contributed by atoms with Crippen LogP contribution in [0, 0.1) is 0 Å². The number of rotatable bonds is 9. The molecule has 0 aliphatic carbocycles. The third-order valence-corrected chi connectivity index (χ3v) is 5.77. The topological polar surface area (TPSA) is 41.6 Å². The van der Waals surface area contributed by atoms with Crippen LogP contribution in [-0.4, -0.2) is 30.4 Å². The van der Waals surface area contributed by atoms with Gasteiger partial charge in [0.05, 0.1) is 6.04 Å². The summed E-state index contributed by atoms with van der Waals surface area (Å²) >= 11 is 0. The molecule has 1 atom stereocenters. The summed E-state index contributed by atoms with van der Waals surface area (Å²) in [4.78, 5) is 15.0. The molecule has 3 aromatic rings. The normalized spacial score (nSPS) is 15.0. The van der Waals surface area contributed by atoms with E-state index in [1.165, 1.54) is 18.4 Å². The molecule has 1 saturated heterocycles. The zero-order chi connectivity index (χ0) is 22.0. The molecule has 0 saturated carbocycles. The minimum absolute atomic E-state index is 0.0827. The maximum atomic E-state index is 12.5. The number of hydrogen-bond donors (Lipinski definition) is 1. The molecule has 0 aromatic heterocycles. The summed E-state index contributed by atoms with van der Waals surface area (Å²) in [5, 5.41) is 3.09. The average molecular weight is 427 g/mol. The highest BCUT2D eigenvalue weighted by Gasteiger charge is 2.23. The van der Waals surface area contributed by atoms with E-state index in [1.807, 2.05) is 66.7 Å². The molecule has 1 unspecified atom stereocenters. The number of carbonyl (C=O) groups is 1. The van der Waals surface area contributed by atoms with Crippen molar-refractivity contribution in [3.63, 3.8) is 0 Å². The molecule has 4 nitrogen and oxygen atoms in total. The van der Waals surface area contributed by atoms with Gasteiger partial charge in [0.1, 0.15) is 12.4 Å². The maximum absolute atomic E-state index is 12.5. The molecule has 32 heavy (non-hydrogen) atoms. The van der Waals surface area contributed by atoms with Crippen LogP contribution in [0.5, 0.6) is 5.75 Å². The van der Waals surface area contributed by atoms with Crippen molar-refractivity contribution in [2.75, 3.05) is 19.6 Å². The first-order valence-electron chi connectivity index (χ1n) is 11.3. The number of carbonyl (C=O) groups excluding carboxylic acids is 1. The number of amides is 1. The van der Waals surface area contributed by atoms with Crippen LogP contribution in [0.1, 0.15) is 35.6 Å². The summed E-state index contributed by atoms with van der Waals surface area (Å²) in [6.45, 7) is 3.29. The molecular weight excluding hydrogens is 396 g/mol. The monoisotopic (exact) mass is 426 g/mol. The number of benzene rings is 3. The lowest BCUT2D eigenvalue weighted by atomic mass is 10.1. The van der Waals surface area contributed by atoms with Crippen LogP contribution >= 0.6 is 0 Å². The van der Waals surface area contributed by atoms with Gasteiger partial charge in [-0.2, -0.15) is 0 Å². The molecule has 0 radical (unpaired) electrons. The Bertz CT molecular complexity index is 1010. The van der Waals surface area contributed by atoms with E-state index in [4.69, 9.17) is 4.74 Å². The lowest BCUT2D eigenvalue weighted by molar-refractivity contribution is -0.116. The van der Waals surface area contributed by atoms with Crippen molar-refractivity contribution in [3.05, 3.63) is 108 Å². The first-order valence-corrected chi connectivity index (χ1v) is 11.3. The second-order valence-corrected chi connectivity index (χ2v) is 8.09. The number of nitrogens with zero attached hydrogens (tertiary/aromatic N) is 1. The second kappa shape index (κ2) is 11.3. The van der Waals surface area contributed by atoms with Crippen molar-refractivity contribution in [2.24, 2.45) is 0 Å². The van der Waals surface area contributed by atoms with E-state index in [1.54, 1.807) is 6.08 Å². The Balaban J connectivity index is 1.32. The predicted molar refractivity (Wildman–Crippen MR) is 129 cm³/mol. The molecule has 0 bridgehead atoms. The molecule has 1 N–H and O–H groups in total. The van der Waals surface area contributed by atoms with Crippen molar-refractivity contribution in [3.8, 4) is 5.75 Å². The Morgan fingerprint density at radius 2 is 1.66 bits per heavy atom. The van der Waals surface area contributed by atoms with Crippen molar-refractivity contribution < 1.29 is 9.53 Å². The minimum Gasteiger partial charge on any atom is -0.489 e.